The molecule has 0 amide bonds. The molecule has 1 saturated carbocycles. The van der Waals surface area contributed by atoms with Crippen molar-refractivity contribution in [3.05, 3.63) is 0 Å². The molecule has 0 aromatic carbocycles. The summed E-state index contributed by atoms with van der Waals surface area (Å²) in [7, 11) is 6.90. The lowest BCUT2D eigenvalue weighted by atomic mass is 9.89. The summed E-state index contributed by atoms with van der Waals surface area (Å²) in [4.78, 5) is 0. The Morgan fingerprint density at radius 2 is 1.55 bits per heavy atom. The minimum Gasteiger partial charge on any atom is -0.331 e. The Morgan fingerprint density at radius 3 is 2.00 bits per heavy atom. The molecule has 0 radical (unpaired) electrons. The highest BCUT2D eigenvalue weighted by atomic mass is 15.3. The van der Waals surface area contributed by atoms with Gasteiger partial charge in [-0.15, -0.1) is 0 Å². The van der Waals surface area contributed by atoms with E-state index < -0.39 is 0 Å². The van der Waals surface area contributed by atoms with Crippen LogP contribution in [0.1, 0.15) is 32.1 Å². The van der Waals surface area contributed by atoms with E-state index in [1.165, 1.54) is 38.6 Å². The Bertz CT molecular complexity index is 107. The highest BCUT2D eigenvalue weighted by Crippen LogP contribution is 2.24. The SMILES string of the molecule is C[N+](C)(C)CC1CCCCC1. The van der Waals surface area contributed by atoms with Crippen molar-refractivity contribution in [3.8, 4) is 0 Å². The smallest absolute Gasteiger partial charge is 0.0809 e. The Kier molecular flexibility index (Phi) is 2.94. The van der Waals surface area contributed by atoms with Crippen LogP contribution >= 0.6 is 0 Å². The van der Waals surface area contributed by atoms with Crippen molar-refractivity contribution >= 4 is 0 Å². The highest BCUT2D eigenvalue weighted by molar-refractivity contribution is 4.64. The third-order valence-corrected chi connectivity index (χ3v) is 2.53. The molecule has 0 heterocycles. The molecule has 0 saturated heterocycles. The van der Waals surface area contributed by atoms with Crippen LogP contribution in [0.2, 0.25) is 0 Å². The number of rotatable bonds is 2. The average Bonchev–Trinajstić information content (AvgIpc) is 1.85. The molecule has 1 aliphatic carbocycles. The number of quaternary nitrogens is 1. The molecule has 0 aliphatic heterocycles. The third kappa shape index (κ3) is 3.76. The molecule has 0 N–H and O–H groups in total. The second kappa shape index (κ2) is 3.57. The first-order valence-electron chi connectivity index (χ1n) is 4.88. The summed E-state index contributed by atoms with van der Waals surface area (Å²) in [6.07, 6.45) is 7.40. The van der Waals surface area contributed by atoms with E-state index in [4.69, 9.17) is 0 Å². The van der Waals surface area contributed by atoms with Gasteiger partial charge in [-0.25, -0.2) is 0 Å². The van der Waals surface area contributed by atoms with Gasteiger partial charge in [0.1, 0.15) is 0 Å². The van der Waals surface area contributed by atoms with Crippen molar-refractivity contribution in [1.29, 1.82) is 0 Å². The lowest BCUT2D eigenvalue weighted by molar-refractivity contribution is -0.874. The summed E-state index contributed by atoms with van der Waals surface area (Å²) in [5, 5.41) is 0. The predicted octanol–water partition coefficient (Wildman–Crippen LogP) is 2.27. The lowest BCUT2D eigenvalue weighted by Gasteiger charge is -2.31. The molecule has 0 aromatic heterocycles. The van der Waals surface area contributed by atoms with Gasteiger partial charge in [-0.1, -0.05) is 19.3 Å². The predicted molar refractivity (Wildman–Crippen MR) is 49.5 cm³/mol. The van der Waals surface area contributed by atoms with E-state index in [2.05, 4.69) is 21.1 Å². The number of nitrogens with zero attached hydrogens (tertiary/aromatic N) is 1. The monoisotopic (exact) mass is 156 g/mol. The van der Waals surface area contributed by atoms with Gasteiger partial charge in [-0.3, -0.25) is 0 Å². The fraction of sp³-hybridized carbons (Fsp3) is 1.00. The van der Waals surface area contributed by atoms with E-state index in [1.807, 2.05) is 0 Å². The van der Waals surface area contributed by atoms with Crippen molar-refractivity contribution in [2.75, 3.05) is 27.7 Å². The zero-order valence-corrected chi connectivity index (χ0v) is 8.27. The van der Waals surface area contributed by atoms with Crippen LogP contribution in [0.3, 0.4) is 0 Å². The molecule has 1 nitrogen and oxygen atoms in total. The van der Waals surface area contributed by atoms with E-state index >= 15 is 0 Å². The van der Waals surface area contributed by atoms with E-state index in [0.717, 1.165) is 10.4 Å². The normalized spacial score (nSPS) is 22.1. The summed E-state index contributed by atoms with van der Waals surface area (Å²) in [5.41, 5.74) is 0. The van der Waals surface area contributed by atoms with Crippen LogP contribution in [-0.2, 0) is 0 Å². The Hall–Kier alpha value is -0.0400. The molecule has 0 aromatic rings. The number of hydrogen-bond acceptors (Lipinski definition) is 0. The van der Waals surface area contributed by atoms with Crippen LogP contribution in [0, 0.1) is 5.92 Å². The molecule has 0 bridgehead atoms. The van der Waals surface area contributed by atoms with Crippen LogP contribution in [0.5, 0.6) is 0 Å². The van der Waals surface area contributed by atoms with Crippen LogP contribution < -0.4 is 0 Å². The molecular formula is C10H22N+. The Balaban J connectivity index is 2.24. The molecule has 11 heavy (non-hydrogen) atoms. The zero-order chi connectivity index (χ0) is 8.32. The molecule has 1 aliphatic rings. The molecule has 0 atom stereocenters. The fourth-order valence-corrected chi connectivity index (χ4v) is 2.14. The van der Waals surface area contributed by atoms with E-state index in [1.54, 1.807) is 0 Å². The summed E-state index contributed by atoms with van der Waals surface area (Å²) in [5.74, 6) is 1.02. The lowest BCUT2D eigenvalue weighted by Crippen LogP contribution is -2.39. The van der Waals surface area contributed by atoms with Crippen LogP contribution in [0.4, 0.5) is 0 Å². The molecule has 1 fully saturated rings. The van der Waals surface area contributed by atoms with Crippen molar-refractivity contribution in [2.45, 2.75) is 32.1 Å². The van der Waals surface area contributed by atoms with Gasteiger partial charge in [0.05, 0.1) is 27.7 Å². The second-order valence-corrected chi connectivity index (χ2v) is 4.98. The minimum absolute atomic E-state index is 1.02. The van der Waals surface area contributed by atoms with E-state index in [9.17, 15) is 0 Å². The summed E-state index contributed by atoms with van der Waals surface area (Å²) < 4.78 is 1.14. The average molecular weight is 156 g/mol. The Morgan fingerprint density at radius 1 is 1.00 bits per heavy atom. The molecule has 1 rings (SSSR count). The van der Waals surface area contributed by atoms with Gasteiger partial charge in [-0.05, 0) is 12.8 Å². The van der Waals surface area contributed by atoms with Gasteiger partial charge in [0.15, 0.2) is 0 Å². The fourth-order valence-electron chi connectivity index (χ4n) is 2.14. The van der Waals surface area contributed by atoms with E-state index in [0.29, 0.717) is 0 Å². The first kappa shape index (κ1) is 9.05. The largest absolute Gasteiger partial charge is 0.331 e. The van der Waals surface area contributed by atoms with Crippen molar-refractivity contribution in [2.24, 2.45) is 5.92 Å². The topological polar surface area (TPSA) is 0 Å². The summed E-state index contributed by atoms with van der Waals surface area (Å²) in [6.45, 7) is 1.38. The maximum atomic E-state index is 2.30. The molecule has 0 unspecified atom stereocenters. The van der Waals surface area contributed by atoms with Gasteiger partial charge in [0, 0.05) is 5.92 Å². The third-order valence-electron chi connectivity index (χ3n) is 2.53. The van der Waals surface area contributed by atoms with Gasteiger partial charge in [0.25, 0.3) is 0 Å². The van der Waals surface area contributed by atoms with Crippen molar-refractivity contribution in [3.63, 3.8) is 0 Å². The van der Waals surface area contributed by atoms with Crippen LogP contribution in [-0.4, -0.2) is 32.2 Å². The van der Waals surface area contributed by atoms with Gasteiger partial charge in [-0.2, -0.15) is 0 Å². The number of hydrogen-bond donors (Lipinski definition) is 0. The molecular weight excluding hydrogens is 134 g/mol. The first-order chi connectivity index (χ1) is 5.08. The molecule has 0 spiro atoms. The minimum atomic E-state index is 1.02. The second-order valence-electron chi connectivity index (χ2n) is 4.98. The summed E-state index contributed by atoms with van der Waals surface area (Å²) >= 11 is 0. The van der Waals surface area contributed by atoms with Crippen LogP contribution in [0.25, 0.3) is 0 Å². The van der Waals surface area contributed by atoms with Crippen molar-refractivity contribution in [1.82, 2.24) is 0 Å². The summed E-state index contributed by atoms with van der Waals surface area (Å²) in [6, 6.07) is 0. The van der Waals surface area contributed by atoms with Crippen molar-refractivity contribution < 1.29 is 4.48 Å². The maximum absolute atomic E-state index is 2.30. The maximum Gasteiger partial charge on any atom is 0.0809 e. The molecule has 1 heteroatoms. The van der Waals surface area contributed by atoms with Crippen LogP contribution in [0.15, 0.2) is 0 Å². The quantitative estimate of drug-likeness (QED) is 0.538. The highest BCUT2D eigenvalue weighted by Gasteiger charge is 2.19. The zero-order valence-electron chi connectivity index (χ0n) is 8.27. The standard InChI is InChI=1S/C10H22N/c1-11(2,3)9-10-7-5-4-6-8-10/h10H,4-9H2,1-3H3/q+1. The van der Waals surface area contributed by atoms with Gasteiger partial charge < -0.3 is 4.48 Å². The Labute approximate surface area is 71.0 Å². The van der Waals surface area contributed by atoms with Gasteiger partial charge in [0.2, 0.25) is 0 Å². The first-order valence-corrected chi connectivity index (χ1v) is 4.88. The molecule has 66 valence electrons. The van der Waals surface area contributed by atoms with E-state index in [-0.39, 0.29) is 0 Å². The van der Waals surface area contributed by atoms with Gasteiger partial charge >= 0.3 is 0 Å².